The first kappa shape index (κ1) is 21.3. The van der Waals surface area contributed by atoms with E-state index in [4.69, 9.17) is 9.47 Å². The summed E-state index contributed by atoms with van der Waals surface area (Å²) in [6.07, 6.45) is 4.89. The van der Waals surface area contributed by atoms with Crippen LogP contribution in [0.5, 0.6) is 5.75 Å². The molecule has 29 heavy (non-hydrogen) atoms. The Morgan fingerprint density at radius 2 is 2.00 bits per heavy atom. The monoisotopic (exact) mass is 512 g/mol. The van der Waals surface area contributed by atoms with Crippen LogP contribution in [0.1, 0.15) is 38.2 Å². The summed E-state index contributed by atoms with van der Waals surface area (Å²) in [6.45, 7) is 1.79. The van der Waals surface area contributed by atoms with Crippen molar-refractivity contribution in [3.63, 3.8) is 0 Å². The number of carbonyl (C=O) groups is 4. The van der Waals surface area contributed by atoms with E-state index in [9.17, 15) is 19.2 Å². The topological polar surface area (TPSA) is 102 Å². The second kappa shape index (κ2) is 9.38. The number of esters is 1. The van der Waals surface area contributed by atoms with Gasteiger partial charge in [0, 0.05) is 6.04 Å². The molecule has 0 radical (unpaired) electrons. The lowest BCUT2D eigenvalue weighted by atomic mass is 10.1. The minimum atomic E-state index is -0.702. The molecule has 1 saturated heterocycles. The lowest BCUT2D eigenvalue weighted by Crippen LogP contribution is -2.57. The molecule has 1 saturated carbocycles. The highest BCUT2D eigenvalue weighted by atomic mass is 127. The Morgan fingerprint density at radius 3 is 2.66 bits per heavy atom. The first-order chi connectivity index (χ1) is 13.9. The molecular formula is C20H21IN2O6. The highest BCUT2D eigenvalue weighted by molar-refractivity contribution is 14.1. The maximum absolute atomic E-state index is 12.8. The van der Waals surface area contributed by atoms with Crippen molar-refractivity contribution in [3.8, 4) is 5.75 Å². The lowest BCUT2D eigenvalue weighted by Gasteiger charge is -2.31. The second-order valence-electron chi connectivity index (χ2n) is 6.71. The molecule has 0 atom stereocenters. The molecule has 0 unspecified atom stereocenters. The predicted molar refractivity (Wildman–Crippen MR) is 112 cm³/mol. The Hall–Kier alpha value is -2.43. The maximum atomic E-state index is 12.8. The molecule has 2 aliphatic rings. The van der Waals surface area contributed by atoms with Crippen molar-refractivity contribution in [3.05, 3.63) is 32.9 Å². The van der Waals surface area contributed by atoms with Crippen LogP contribution in [-0.2, 0) is 19.1 Å². The van der Waals surface area contributed by atoms with Gasteiger partial charge in [-0.25, -0.2) is 9.59 Å². The maximum Gasteiger partial charge on any atom is 0.344 e. The van der Waals surface area contributed by atoms with Gasteiger partial charge in [-0.2, -0.15) is 0 Å². The molecule has 1 aliphatic heterocycles. The number of nitrogens with zero attached hydrogens (tertiary/aromatic N) is 1. The third kappa shape index (κ3) is 4.95. The Kier molecular flexibility index (Phi) is 6.88. The minimum absolute atomic E-state index is 0.0764. The van der Waals surface area contributed by atoms with E-state index < -0.39 is 23.8 Å². The first-order valence-corrected chi connectivity index (χ1v) is 10.5. The highest BCUT2D eigenvalue weighted by Crippen LogP contribution is 2.28. The number of rotatable bonds is 6. The summed E-state index contributed by atoms with van der Waals surface area (Å²) in [5, 5.41) is 2.26. The molecule has 0 bridgehead atoms. The summed E-state index contributed by atoms with van der Waals surface area (Å²) >= 11 is 2.04. The molecule has 1 heterocycles. The molecule has 154 valence electrons. The zero-order chi connectivity index (χ0) is 21.0. The standard InChI is InChI=1S/C20H21IN2O6/c1-2-28-17(24)11-29-16-8-7-12(10-15(16)21)9-14-18(25)22-20(27)23(19(14)26)13-5-3-4-6-13/h7-10,13H,2-6,11H2,1H3,(H,22,25,27)/b14-9+. The number of benzene rings is 1. The van der Waals surface area contributed by atoms with Crippen molar-refractivity contribution in [1.82, 2.24) is 10.2 Å². The summed E-state index contributed by atoms with van der Waals surface area (Å²) in [5.74, 6) is -1.24. The molecule has 1 aliphatic carbocycles. The molecule has 1 aromatic rings. The van der Waals surface area contributed by atoms with E-state index in [2.05, 4.69) is 5.32 Å². The Labute approximate surface area is 181 Å². The Bertz CT molecular complexity index is 876. The Balaban J connectivity index is 1.78. The molecular weight excluding hydrogens is 491 g/mol. The van der Waals surface area contributed by atoms with Crippen molar-refractivity contribution in [2.45, 2.75) is 38.6 Å². The van der Waals surface area contributed by atoms with Crippen LogP contribution in [0.15, 0.2) is 23.8 Å². The fourth-order valence-electron chi connectivity index (χ4n) is 3.40. The van der Waals surface area contributed by atoms with E-state index in [1.165, 1.54) is 11.0 Å². The molecule has 4 amide bonds. The summed E-state index contributed by atoms with van der Waals surface area (Å²) in [6, 6.07) is 4.23. The van der Waals surface area contributed by atoms with Gasteiger partial charge in [-0.05, 0) is 66.1 Å². The smallest absolute Gasteiger partial charge is 0.344 e. The Morgan fingerprint density at radius 1 is 1.28 bits per heavy atom. The van der Waals surface area contributed by atoms with Crippen molar-refractivity contribution in [1.29, 1.82) is 0 Å². The quantitative estimate of drug-likeness (QED) is 0.272. The van der Waals surface area contributed by atoms with Crippen molar-refractivity contribution < 1.29 is 28.7 Å². The zero-order valence-electron chi connectivity index (χ0n) is 15.9. The van der Waals surface area contributed by atoms with E-state index in [1.807, 2.05) is 22.6 Å². The van der Waals surface area contributed by atoms with Gasteiger partial charge in [0.15, 0.2) is 6.61 Å². The fraction of sp³-hybridized carbons (Fsp3) is 0.400. The van der Waals surface area contributed by atoms with Gasteiger partial charge < -0.3 is 9.47 Å². The number of hydrogen-bond acceptors (Lipinski definition) is 6. The molecule has 8 nitrogen and oxygen atoms in total. The summed E-state index contributed by atoms with van der Waals surface area (Å²) in [4.78, 5) is 49.8. The number of imide groups is 2. The van der Waals surface area contributed by atoms with E-state index in [1.54, 1.807) is 25.1 Å². The van der Waals surface area contributed by atoms with Gasteiger partial charge in [0.1, 0.15) is 11.3 Å². The van der Waals surface area contributed by atoms with Gasteiger partial charge in [-0.15, -0.1) is 0 Å². The van der Waals surface area contributed by atoms with Crippen LogP contribution in [0.2, 0.25) is 0 Å². The highest BCUT2D eigenvalue weighted by Gasteiger charge is 2.40. The van der Waals surface area contributed by atoms with Crippen LogP contribution in [0.3, 0.4) is 0 Å². The number of barbiturate groups is 1. The van der Waals surface area contributed by atoms with Gasteiger partial charge >= 0.3 is 12.0 Å². The SMILES string of the molecule is CCOC(=O)COc1ccc(/C=C2\C(=O)NC(=O)N(C3CCCC3)C2=O)cc1I. The van der Waals surface area contributed by atoms with Crippen LogP contribution in [-0.4, -0.2) is 48.0 Å². The van der Waals surface area contributed by atoms with E-state index in [0.717, 1.165) is 25.7 Å². The molecule has 3 rings (SSSR count). The number of halogens is 1. The number of nitrogens with one attached hydrogen (secondary N) is 1. The molecule has 0 aromatic heterocycles. The van der Waals surface area contributed by atoms with Crippen LogP contribution >= 0.6 is 22.6 Å². The summed E-state index contributed by atoms with van der Waals surface area (Å²) in [5.41, 5.74) is 0.532. The zero-order valence-corrected chi connectivity index (χ0v) is 18.1. The van der Waals surface area contributed by atoms with Gasteiger partial charge in [-0.3, -0.25) is 19.8 Å². The van der Waals surface area contributed by atoms with Crippen LogP contribution < -0.4 is 10.1 Å². The largest absolute Gasteiger partial charge is 0.481 e. The molecule has 1 N–H and O–H groups in total. The van der Waals surface area contributed by atoms with Gasteiger partial charge in [0.25, 0.3) is 11.8 Å². The average Bonchev–Trinajstić information content (AvgIpc) is 3.18. The van der Waals surface area contributed by atoms with E-state index in [-0.39, 0.29) is 24.8 Å². The summed E-state index contributed by atoms with van der Waals surface area (Å²) in [7, 11) is 0. The van der Waals surface area contributed by atoms with Gasteiger partial charge in [0.05, 0.1) is 10.2 Å². The summed E-state index contributed by atoms with van der Waals surface area (Å²) < 4.78 is 11.0. The fourth-order valence-corrected chi connectivity index (χ4v) is 4.09. The average molecular weight is 512 g/mol. The number of hydrogen-bond donors (Lipinski definition) is 1. The lowest BCUT2D eigenvalue weighted by molar-refractivity contribution is -0.145. The minimum Gasteiger partial charge on any atom is -0.481 e. The number of urea groups is 1. The van der Waals surface area contributed by atoms with Crippen molar-refractivity contribution in [2.24, 2.45) is 0 Å². The van der Waals surface area contributed by atoms with E-state index in [0.29, 0.717) is 14.9 Å². The van der Waals surface area contributed by atoms with Crippen LogP contribution in [0, 0.1) is 3.57 Å². The third-order valence-corrected chi connectivity index (χ3v) is 5.58. The number of carbonyl (C=O) groups excluding carboxylic acids is 4. The van der Waals surface area contributed by atoms with Crippen LogP contribution in [0.4, 0.5) is 4.79 Å². The number of amides is 4. The third-order valence-electron chi connectivity index (χ3n) is 4.74. The molecule has 9 heteroatoms. The normalized spacial score (nSPS) is 18.9. The van der Waals surface area contributed by atoms with Crippen molar-refractivity contribution in [2.75, 3.05) is 13.2 Å². The van der Waals surface area contributed by atoms with Gasteiger partial charge in [-0.1, -0.05) is 18.9 Å². The predicted octanol–water partition coefficient (Wildman–Crippen LogP) is 2.64. The molecule has 1 aromatic carbocycles. The number of ether oxygens (including phenoxy) is 2. The van der Waals surface area contributed by atoms with Gasteiger partial charge in [0.2, 0.25) is 0 Å². The first-order valence-electron chi connectivity index (χ1n) is 9.39. The van der Waals surface area contributed by atoms with Crippen molar-refractivity contribution >= 4 is 52.5 Å². The van der Waals surface area contributed by atoms with Crippen LogP contribution in [0.25, 0.3) is 6.08 Å². The molecule has 2 fully saturated rings. The van der Waals surface area contributed by atoms with E-state index >= 15 is 0 Å². The molecule has 0 spiro atoms. The second-order valence-corrected chi connectivity index (χ2v) is 7.88.